The van der Waals surface area contributed by atoms with Crippen LogP contribution in [0, 0.1) is 0 Å². The number of ketones is 2. The van der Waals surface area contributed by atoms with E-state index >= 15 is 0 Å². The van der Waals surface area contributed by atoms with E-state index in [2.05, 4.69) is 65.6 Å². The van der Waals surface area contributed by atoms with Crippen molar-refractivity contribution in [2.45, 2.75) is 12.8 Å². The molecule has 0 aromatic heterocycles. The topological polar surface area (TPSA) is 37.4 Å². The number of anilines is 2. The maximum absolute atomic E-state index is 13.2. The molecule has 0 unspecified atom stereocenters. The average molecular weight is 603 g/mol. The number of rotatable bonds is 2. The SMILES string of the molecule is O=C1C(=CC2=CC3=C(C=C(N4c5ccccc5[Te]c5ccccc54)C3)C2)C(=O)c2cc3ccccc3cc21. The van der Waals surface area contributed by atoms with Gasteiger partial charge >= 0.3 is 184 Å². The fraction of sp³-hybridized carbons (Fsp3) is 0.0588. The molecule has 0 radical (unpaired) electrons. The third-order valence-electron chi connectivity index (χ3n) is 7.79. The minimum atomic E-state index is -0.410. The van der Waals surface area contributed by atoms with Gasteiger partial charge in [0.2, 0.25) is 0 Å². The number of hydrogen-bond acceptors (Lipinski definition) is 3. The summed E-state index contributed by atoms with van der Waals surface area (Å²) in [6.45, 7) is 0. The predicted octanol–water partition coefficient (Wildman–Crippen LogP) is 5.87. The molecule has 8 rings (SSSR count). The predicted molar refractivity (Wildman–Crippen MR) is 153 cm³/mol. The zero-order valence-electron chi connectivity index (χ0n) is 20.4. The number of hydrogen-bond donors (Lipinski definition) is 0. The molecule has 0 fully saturated rings. The van der Waals surface area contributed by atoms with Gasteiger partial charge < -0.3 is 0 Å². The molecule has 0 bridgehead atoms. The smallest absolute Gasteiger partial charge is 0.0616 e. The van der Waals surface area contributed by atoms with E-state index < -0.39 is 20.9 Å². The van der Waals surface area contributed by atoms with Crippen LogP contribution < -0.4 is 12.1 Å². The van der Waals surface area contributed by atoms with Crippen molar-refractivity contribution in [1.29, 1.82) is 0 Å². The van der Waals surface area contributed by atoms with E-state index in [1.165, 1.54) is 35.4 Å². The summed E-state index contributed by atoms with van der Waals surface area (Å²) < 4.78 is 2.94. The minimum absolute atomic E-state index is 0.162. The molecule has 0 atom stereocenters. The molecule has 0 amide bonds. The molecule has 3 aliphatic carbocycles. The molecule has 180 valence electrons. The zero-order valence-corrected chi connectivity index (χ0v) is 22.7. The molecule has 0 saturated carbocycles. The molecule has 0 saturated heterocycles. The van der Waals surface area contributed by atoms with Crippen molar-refractivity contribution in [2.75, 3.05) is 4.90 Å². The van der Waals surface area contributed by atoms with E-state index in [1.807, 2.05) is 42.5 Å². The molecular weight excluding hydrogens is 582 g/mol. The van der Waals surface area contributed by atoms with Gasteiger partial charge in [-0.05, 0) is 22.9 Å². The van der Waals surface area contributed by atoms with E-state index in [1.54, 1.807) is 0 Å². The summed E-state index contributed by atoms with van der Waals surface area (Å²) in [5.74, 6) is -0.323. The summed E-state index contributed by atoms with van der Waals surface area (Å²) in [7, 11) is 0. The molecule has 4 heteroatoms. The van der Waals surface area contributed by atoms with Crippen LogP contribution in [0.25, 0.3) is 10.8 Å². The number of Topliss-reactive ketones (excluding diaryl/α,β-unsaturated/α-hetero) is 2. The van der Waals surface area contributed by atoms with Crippen molar-refractivity contribution in [3.05, 3.63) is 142 Å². The summed E-state index contributed by atoms with van der Waals surface area (Å²) >= 11 is -0.410. The Morgan fingerprint density at radius 3 is 1.82 bits per heavy atom. The van der Waals surface area contributed by atoms with Gasteiger partial charge in [0.15, 0.2) is 0 Å². The van der Waals surface area contributed by atoms with Gasteiger partial charge in [0.05, 0.1) is 0 Å². The third kappa shape index (κ3) is 3.28. The van der Waals surface area contributed by atoms with Crippen LogP contribution in [0.4, 0.5) is 11.4 Å². The van der Waals surface area contributed by atoms with Gasteiger partial charge in [-0.15, -0.1) is 0 Å². The van der Waals surface area contributed by atoms with Crippen LogP contribution in [0.2, 0.25) is 0 Å². The van der Waals surface area contributed by atoms with Crippen molar-refractivity contribution in [3.8, 4) is 0 Å². The second-order valence-corrected chi connectivity index (χ2v) is 13.2. The van der Waals surface area contributed by atoms with Crippen molar-refractivity contribution in [3.63, 3.8) is 0 Å². The number of allylic oxidation sites excluding steroid dienone is 7. The number of benzene rings is 4. The van der Waals surface area contributed by atoms with Crippen LogP contribution in [0.5, 0.6) is 0 Å². The van der Waals surface area contributed by atoms with Gasteiger partial charge in [-0.25, -0.2) is 0 Å². The van der Waals surface area contributed by atoms with Crippen molar-refractivity contribution >= 4 is 61.9 Å². The van der Waals surface area contributed by atoms with Crippen LogP contribution in [-0.4, -0.2) is 32.5 Å². The monoisotopic (exact) mass is 605 g/mol. The Kier molecular flexibility index (Phi) is 4.80. The third-order valence-corrected chi connectivity index (χ3v) is 11.0. The molecule has 3 nitrogen and oxygen atoms in total. The van der Waals surface area contributed by atoms with Crippen LogP contribution in [0.3, 0.4) is 0 Å². The Morgan fingerprint density at radius 2 is 1.21 bits per heavy atom. The zero-order chi connectivity index (χ0) is 25.4. The summed E-state index contributed by atoms with van der Waals surface area (Å²) in [5, 5.41) is 1.96. The van der Waals surface area contributed by atoms with Crippen molar-refractivity contribution in [2.24, 2.45) is 0 Å². The Morgan fingerprint density at radius 1 is 0.658 bits per heavy atom. The second kappa shape index (κ2) is 8.27. The normalized spacial score (nSPS) is 17.4. The van der Waals surface area contributed by atoms with Gasteiger partial charge in [0.1, 0.15) is 0 Å². The fourth-order valence-corrected chi connectivity index (χ4v) is 9.05. The standard InChI is InChI=1S/C34H21NO2Te/c36-33-26-18-21-7-1-2-8-22(21)19-27(26)34(37)28(33)15-20-13-23-16-25(17-24(23)14-20)35-29-9-3-5-11-31(29)38-32-12-6-4-10-30(32)35/h1-13,15,17-19H,14,16H2. The molecule has 1 aliphatic heterocycles. The van der Waals surface area contributed by atoms with Gasteiger partial charge in [0.25, 0.3) is 0 Å². The first-order chi connectivity index (χ1) is 18.6. The van der Waals surface area contributed by atoms with Crippen molar-refractivity contribution < 1.29 is 9.59 Å². The Bertz CT molecular complexity index is 1790. The Balaban J connectivity index is 1.09. The van der Waals surface area contributed by atoms with Crippen LogP contribution >= 0.6 is 0 Å². The fourth-order valence-electron chi connectivity index (χ4n) is 6.03. The van der Waals surface area contributed by atoms with Gasteiger partial charge in [-0.2, -0.15) is 0 Å². The first-order valence-electron chi connectivity index (χ1n) is 12.8. The quantitative estimate of drug-likeness (QED) is 0.164. The number of para-hydroxylation sites is 2. The van der Waals surface area contributed by atoms with Gasteiger partial charge in [-0.1, -0.05) is 24.3 Å². The van der Waals surface area contributed by atoms with Crippen molar-refractivity contribution in [1.82, 2.24) is 0 Å². The van der Waals surface area contributed by atoms with E-state index in [0.717, 1.165) is 29.2 Å². The molecule has 4 aromatic rings. The van der Waals surface area contributed by atoms with Gasteiger partial charge in [0, 0.05) is 0 Å². The minimum Gasteiger partial charge on any atom is -0.0616 e. The summed E-state index contributed by atoms with van der Waals surface area (Å²) in [6.07, 6.45) is 7.92. The maximum atomic E-state index is 13.2. The van der Waals surface area contributed by atoms with E-state index in [9.17, 15) is 9.59 Å². The summed E-state index contributed by atoms with van der Waals surface area (Å²) in [4.78, 5) is 28.9. The Labute approximate surface area is 230 Å². The molecule has 4 aliphatic rings. The van der Waals surface area contributed by atoms with E-state index in [4.69, 9.17) is 0 Å². The second-order valence-electron chi connectivity index (χ2n) is 10.1. The number of carbonyl (C=O) groups is 2. The first-order valence-corrected chi connectivity index (χ1v) is 15.1. The van der Waals surface area contributed by atoms with Crippen LogP contribution in [0.1, 0.15) is 33.6 Å². The molecule has 4 aromatic carbocycles. The Hall–Kier alpha value is -3.97. The number of nitrogens with zero attached hydrogens (tertiary/aromatic N) is 1. The first kappa shape index (κ1) is 22.1. The molecule has 0 N–H and O–H groups in total. The average Bonchev–Trinajstić information content (AvgIpc) is 3.58. The summed E-state index contributed by atoms with van der Waals surface area (Å²) in [6, 6.07) is 29.2. The van der Waals surface area contributed by atoms with Crippen LogP contribution in [0.15, 0.2) is 131 Å². The molecule has 0 spiro atoms. The van der Waals surface area contributed by atoms with Crippen LogP contribution in [-0.2, 0) is 0 Å². The molecular formula is C34H21NO2Te. The van der Waals surface area contributed by atoms with E-state index in [-0.39, 0.29) is 17.1 Å². The summed E-state index contributed by atoms with van der Waals surface area (Å²) in [5.41, 5.74) is 8.83. The number of carbonyl (C=O) groups excluding carboxylic acids is 2. The number of fused-ring (bicyclic) bond motifs is 4. The molecule has 38 heavy (non-hydrogen) atoms. The van der Waals surface area contributed by atoms with Gasteiger partial charge in [-0.3, -0.25) is 0 Å². The van der Waals surface area contributed by atoms with E-state index in [0.29, 0.717) is 11.1 Å². The molecule has 1 heterocycles.